The van der Waals surface area contributed by atoms with Crippen LogP contribution < -0.4 is 5.69 Å². The molecular weight excluding hydrogens is 318 g/mol. The van der Waals surface area contributed by atoms with Gasteiger partial charge in [0.05, 0.1) is 0 Å². The minimum atomic E-state index is -3.29. The molecule has 0 radical (unpaired) electrons. The second-order valence-electron chi connectivity index (χ2n) is 6.17. The largest absolute Gasteiger partial charge is 0.325 e. The maximum absolute atomic E-state index is 12.6. The molecule has 130 valence electrons. The van der Waals surface area contributed by atoms with Gasteiger partial charge in [0.2, 0.25) is 0 Å². The van der Waals surface area contributed by atoms with Crippen LogP contribution in [0.4, 0.5) is 0 Å². The summed E-state index contributed by atoms with van der Waals surface area (Å²) in [7, 11) is -3.29. The number of nitrogens with one attached hydrogen (secondary N) is 1. The van der Waals surface area contributed by atoms with Crippen LogP contribution in [0.3, 0.4) is 0 Å². The topological polar surface area (TPSA) is 81.6 Å². The second kappa shape index (κ2) is 7.16. The van der Waals surface area contributed by atoms with Crippen molar-refractivity contribution in [2.45, 2.75) is 25.8 Å². The van der Waals surface area contributed by atoms with Crippen molar-refractivity contribution in [3.8, 4) is 0 Å². The van der Waals surface area contributed by atoms with E-state index in [2.05, 4.69) is 9.88 Å². The van der Waals surface area contributed by atoms with E-state index in [1.165, 1.54) is 0 Å². The number of rotatable bonds is 5. The third kappa shape index (κ3) is 3.85. The molecule has 0 saturated carbocycles. The average molecular weight is 343 g/mol. The highest BCUT2D eigenvalue weighted by molar-refractivity contribution is 7.86. The summed E-state index contributed by atoms with van der Waals surface area (Å²) in [5, 5.41) is 0. The molecule has 0 aliphatic carbocycles. The van der Waals surface area contributed by atoms with Crippen LogP contribution in [-0.2, 0) is 16.8 Å². The van der Waals surface area contributed by atoms with Crippen LogP contribution in [0.1, 0.15) is 19.3 Å². The number of hydrogen-bond acceptors (Lipinski definition) is 4. The smallest absolute Gasteiger partial charge is 0.313 e. The molecule has 9 heteroatoms. The summed E-state index contributed by atoms with van der Waals surface area (Å²) in [4.78, 5) is 16.3. The molecule has 2 aliphatic heterocycles. The molecule has 0 unspecified atom stereocenters. The van der Waals surface area contributed by atoms with E-state index in [-0.39, 0.29) is 5.69 Å². The quantitative estimate of drug-likeness (QED) is 0.783. The maximum atomic E-state index is 12.6. The molecule has 1 aromatic rings. The van der Waals surface area contributed by atoms with E-state index >= 15 is 0 Å². The zero-order valence-corrected chi connectivity index (χ0v) is 14.2. The van der Waals surface area contributed by atoms with Crippen molar-refractivity contribution in [1.29, 1.82) is 0 Å². The molecule has 0 amide bonds. The lowest BCUT2D eigenvalue weighted by Crippen LogP contribution is -2.44. The Morgan fingerprint density at radius 2 is 1.61 bits per heavy atom. The summed E-state index contributed by atoms with van der Waals surface area (Å²) in [5.74, 6) is 0. The molecule has 2 fully saturated rings. The van der Waals surface area contributed by atoms with E-state index in [4.69, 9.17) is 0 Å². The zero-order chi connectivity index (χ0) is 16.3. The average Bonchev–Trinajstić information content (AvgIpc) is 3.13. The number of hydrogen-bond donors (Lipinski definition) is 1. The van der Waals surface area contributed by atoms with E-state index in [0.29, 0.717) is 39.3 Å². The van der Waals surface area contributed by atoms with Gasteiger partial charge < -0.3 is 9.88 Å². The lowest BCUT2D eigenvalue weighted by Gasteiger charge is -2.26. The fraction of sp³-hybridized carbons (Fsp3) is 0.786. The van der Waals surface area contributed by atoms with Crippen molar-refractivity contribution < 1.29 is 8.42 Å². The number of aromatic nitrogens is 2. The van der Waals surface area contributed by atoms with Gasteiger partial charge >= 0.3 is 5.69 Å². The highest BCUT2D eigenvalue weighted by Crippen LogP contribution is 2.18. The molecule has 1 N–H and O–H groups in total. The van der Waals surface area contributed by atoms with E-state index in [0.717, 1.165) is 32.4 Å². The highest BCUT2D eigenvalue weighted by Gasteiger charge is 2.32. The van der Waals surface area contributed by atoms with E-state index in [9.17, 15) is 13.2 Å². The van der Waals surface area contributed by atoms with Crippen LogP contribution in [-0.4, -0.2) is 77.3 Å². The number of nitrogens with zero attached hydrogens (tertiary/aromatic N) is 4. The van der Waals surface area contributed by atoms with Crippen LogP contribution in [0.2, 0.25) is 0 Å². The molecule has 0 spiro atoms. The van der Waals surface area contributed by atoms with Gasteiger partial charge in [0, 0.05) is 58.2 Å². The summed E-state index contributed by atoms with van der Waals surface area (Å²) in [6, 6.07) is 0. The van der Waals surface area contributed by atoms with Gasteiger partial charge in [-0.1, -0.05) is 0 Å². The first-order valence-corrected chi connectivity index (χ1v) is 9.68. The summed E-state index contributed by atoms with van der Waals surface area (Å²) >= 11 is 0. The van der Waals surface area contributed by atoms with Crippen LogP contribution >= 0.6 is 0 Å². The lowest BCUT2D eigenvalue weighted by molar-refractivity contribution is 0.272. The predicted octanol–water partition coefficient (Wildman–Crippen LogP) is -0.475. The van der Waals surface area contributed by atoms with E-state index < -0.39 is 10.2 Å². The standard InChI is InChI=1S/C14H25N5O3S/c20-14-15-4-9-17(14)12-10-16-5-3-8-19(13-11-16)23(21,22)18-6-1-2-7-18/h4,9H,1-3,5-8,10-13H2,(H,15,20). The third-order valence-corrected chi connectivity index (χ3v) is 6.68. The first kappa shape index (κ1) is 16.7. The summed E-state index contributed by atoms with van der Waals surface area (Å²) < 4.78 is 30.1. The molecule has 23 heavy (non-hydrogen) atoms. The number of aromatic amines is 1. The summed E-state index contributed by atoms with van der Waals surface area (Å²) in [6.07, 6.45) is 6.13. The monoisotopic (exact) mass is 343 g/mol. The first-order valence-electron chi connectivity index (χ1n) is 8.29. The Labute approximate surface area is 136 Å². The molecule has 8 nitrogen and oxygen atoms in total. The number of H-pyrrole nitrogens is 1. The molecule has 0 bridgehead atoms. The SMILES string of the molecule is O=c1[nH]ccn1CCN1CCCN(S(=O)(=O)N2CCCC2)CC1. The number of imidazole rings is 1. The fourth-order valence-corrected chi connectivity index (χ4v) is 4.98. The molecule has 2 saturated heterocycles. The molecule has 2 aliphatic rings. The Hall–Kier alpha value is -1.16. The zero-order valence-electron chi connectivity index (χ0n) is 13.4. The van der Waals surface area contributed by atoms with E-state index in [1.807, 2.05) is 0 Å². The van der Waals surface area contributed by atoms with Crippen LogP contribution in [0, 0.1) is 0 Å². The van der Waals surface area contributed by atoms with Gasteiger partial charge in [-0.25, -0.2) is 4.79 Å². The van der Waals surface area contributed by atoms with Crippen LogP contribution in [0.25, 0.3) is 0 Å². The highest BCUT2D eigenvalue weighted by atomic mass is 32.2. The molecule has 3 heterocycles. The van der Waals surface area contributed by atoms with Crippen molar-refractivity contribution >= 4 is 10.2 Å². The van der Waals surface area contributed by atoms with Crippen molar-refractivity contribution in [1.82, 2.24) is 23.1 Å². The predicted molar refractivity (Wildman–Crippen MR) is 87.4 cm³/mol. The second-order valence-corrected chi connectivity index (χ2v) is 8.10. The fourth-order valence-electron chi connectivity index (χ4n) is 3.26. The Morgan fingerprint density at radius 3 is 2.30 bits per heavy atom. The van der Waals surface area contributed by atoms with Gasteiger partial charge in [-0.3, -0.25) is 4.57 Å². The van der Waals surface area contributed by atoms with Crippen molar-refractivity contribution in [2.24, 2.45) is 0 Å². The molecule has 1 aromatic heterocycles. The normalized spacial score (nSPS) is 22.4. The minimum absolute atomic E-state index is 0.0990. The van der Waals surface area contributed by atoms with Crippen molar-refractivity contribution in [3.05, 3.63) is 22.9 Å². The summed E-state index contributed by atoms with van der Waals surface area (Å²) in [6.45, 7) is 5.38. The van der Waals surface area contributed by atoms with Crippen LogP contribution in [0.15, 0.2) is 17.2 Å². The molecule has 3 rings (SSSR count). The van der Waals surface area contributed by atoms with E-state index in [1.54, 1.807) is 25.6 Å². The third-order valence-electron chi connectivity index (χ3n) is 4.64. The minimum Gasteiger partial charge on any atom is -0.313 e. The van der Waals surface area contributed by atoms with Gasteiger partial charge in [0.25, 0.3) is 10.2 Å². The lowest BCUT2D eigenvalue weighted by atomic mass is 10.4. The van der Waals surface area contributed by atoms with Gasteiger partial charge in [0.15, 0.2) is 0 Å². The first-order chi connectivity index (χ1) is 11.1. The Kier molecular flexibility index (Phi) is 5.20. The van der Waals surface area contributed by atoms with Gasteiger partial charge in [-0.15, -0.1) is 0 Å². The van der Waals surface area contributed by atoms with Crippen LogP contribution in [0.5, 0.6) is 0 Å². The van der Waals surface area contributed by atoms with Gasteiger partial charge in [0.1, 0.15) is 0 Å². The molecule has 0 aromatic carbocycles. The Morgan fingerprint density at radius 1 is 0.913 bits per heavy atom. The van der Waals surface area contributed by atoms with Gasteiger partial charge in [-0.05, 0) is 25.8 Å². The van der Waals surface area contributed by atoms with Crippen molar-refractivity contribution in [3.63, 3.8) is 0 Å². The maximum Gasteiger partial charge on any atom is 0.325 e. The Balaban J connectivity index is 1.54. The Bertz CT molecular complexity index is 662. The van der Waals surface area contributed by atoms with Crippen molar-refractivity contribution in [2.75, 3.05) is 45.8 Å². The molecular formula is C14H25N5O3S. The molecule has 0 atom stereocenters. The summed E-state index contributed by atoms with van der Waals surface area (Å²) in [5.41, 5.74) is -0.0990. The van der Waals surface area contributed by atoms with Gasteiger partial charge in [-0.2, -0.15) is 17.0 Å².